The summed E-state index contributed by atoms with van der Waals surface area (Å²) in [5.41, 5.74) is 1.87. The lowest BCUT2D eigenvalue weighted by Crippen LogP contribution is -2.36. The van der Waals surface area contributed by atoms with Crippen LogP contribution in [-0.2, 0) is 13.1 Å². The van der Waals surface area contributed by atoms with E-state index in [2.05, 4.69) is 39.6 Å². The quantitative estimate of drug-likeness (QED) is 0.346. The van der Waals surface area contributed by atoms with Crippen LogP contribution in [-0.4, -0.2) is 56.5 Å². The summed E-state index contributed by atoms with van der Waals surface area (Å²) in [4.78, 5) is 41.2. The molecule has 1 aliphatic rings. The van der Waals surface area contributed by atoms with Gasteiger partial charge >= 0.3 is 0 Å². The Kier molecular flexibility index (Phi) is 8.11. The normalized spacial score (nSPS) is 17.2. The zero-order valence-corrected chi connectivity index (χ0v) is 22.4. The monoisotopic (exact) mass is 547 g/mol. The second kappa shape index (κ2) is 11.9. The Balaban J connectivity index is 1.23. The molecular weight excluding hydrogens is 516 g/mol. The molecule has 5 rings (SSSR count). The van der Waals surface area contributed by atoms with Crippen molar-refractivity contribution in [2.75, 3.05) is 19.4 Å². The smallest absolute Gasteiger partial charge is 0.266 e. The minimum atomic E-state index is -1.01. The van der Waals surface area contributed by atoms with Crippen LogP contribution in [0, 0.1) is 11.6 Å². The summed E-state index contributed by atoms with van der Waals surface area (Å²) in [7, 11) is 4.25. The molecule has 2 heterocycles. The zero-order valence-electron chi connectivity index (χ0n) is 22.4. The first kappa shape index (κ1) is 27.3. The van der Waals surface area contributed by atoms with E-state index >= 15 is 0 Å². The molecule has 208 valence electrons. The van der Waals surface area contributed by atoms with Gasteiger partial charge in [0.15, 0.2) is 11.6 Å². The topological polar surface area (TPSA) is 105 Å². The summed E-state index contributed by atoms with van der Waals surface area (Å²) < 4.78 is 28.0. The number of hydrogen-bond acceptors (Lipinski definition) is 7. The second-order valence-corrected chi connectivity index (χ2v) is 10.4. The van der Waals surface area contributed by atoms with Gasteiger partial charge in [0.25, 0.3) is 11.5 Å². The fraction of sp³-hybridized carbons (Fsp3) is 0.345. The number of aromatic nitrogens is 4. The van der Waals surface area contributed by atoms with Gasteiger partial charge < -0.3 is 15.5 Å². The third-order valence-corrected chi connectivity index (χ3v) is 7.32. The Bertz CT molecular complexity index is 1580. The number of anilines is 1. The number of rotatable bonds is 8. The molecule has 1 fully saturated rings. The van der Waals surface area contributed by atoms with Gasteiger partial charge in [-0.1, -0.05) is 12.1 Å². The highest BCUT2D eigenvalue weighted by atomic mass is 19.2. The average molecular weight is 548 g/mol. The van der Waals surface area contributed by atoms with Crippen LogP contribution in [0.5, 0.6) is 0 Å². The van der Waals surface area contributed by atoms with Gasteiger partial charge in [-0.3, -0.25) is 19.1 Å². The number of fused-ring (bicyclic) bond motifs is 1. The molecule has 1 amide bonds. The van der Waals surface area contributed by atoms with Crippen molar-refractivity contribution in [3.05, 3.63) is 93.8 Å². The molecule has 1 aliphatic carbocycles. The van der Waals surface area contributed by atoms with Crippen LogP contribution in [0.25, 0.3) is 11.0 Å². The Morgan fingerprint density at radius 3 is 2.52 bits per heavy atom. The summed E-state index contributed by atoms with van der Waals surface area (Å²) in [5.74, 6) is -1.86. The second-order valence-electron chi connectivity index (χ2n) is 10.4. The third-order valence-electron chi connectivity index (χ3n) is 7.32. The Labute approximate surface area is 230 Å². The summed E-state index contributed by atoms with van der Waals surface area (Å²) in [6, 6.07) is 9.89. The lowest BCUT2D eigenvalue weighted by molar-refractivity contribution is 0.0948. The van der Waals surface area contributed by atoms with Gasteiger partial charge in [0, 0.05) is 24.8 Å². The van der Waals surface area contributed by atoms with Crippen LogP contribution in [0.2, 0.25) is 0 Å². The lowest BCUT2D eigenvalue weighted by atomic mass is 9.90. The zero-order chi connectivity index (χ0) is 28.2. The molecule has 40 heavy (non-hydrogen) atoms. The standard InChI is InChI=1S/C29H31F2N7O2/c1-37(2)21-7-5-20(6-8-21)35-27-15-33-25-10-4-18(12-26(25)36-27)13-34-28(39)22-14-32-17-38(29(22)40)16-19-3-9-23(30)24(31)11-19/h3-4,9-12,14-15,17,20-21H,5-8,13,16H2,1-2H3,(H,34,39)(H,35,36). The average Bonchev–Trinajstić information content (AvgIpc) is 2.95. The van der Waals surface area contributed by atoms with Gasteiger partial charge in [0.2, 0.25) is 0 Å². The van der Waals surface area contributed by atoms with Gasteiger partial charge in [-0.05, 0) is 75.2 Å². The molecule has 9 nitrogen and oxygen atoms in total. The number of nitrogens with zero attached hydrogens (tertiary/aromatic N) is 5. The van der Waals surface area contributed by atoms with Crippen molar-refractivity contribution in [2.24, 2.45) is 0 Å². The SMILES string of the molecule is CN(C)C1CCC(Nc2cnc3ccc(CNC(=O)c4cncn(Cc5ccc(F)c(F)c5)c4=O)cc3n2)CC1. The Morgan fingerprint density at radius 1 is 1.00 bits per heavy atom. The highest BCUT2D eigenvalue weighted by Crippen LogP contribution is 2.24. The molecule has 0 aliphatic heterocycles. The first-order valence-electron chi connectivity index (χ1n) is 13.2. The van der Waals surface area contributed by atoms with E-state index < -0.39 is 23.1 Å². The molecule has 0 atom stereocenters. The Morgan fingerprint density at radius 2 is 1.77 bits per heavy atom. The van der Waals surface area contributed by atoms with Gasteiger partial charge in [0.05, 0.1) is 30.1 Å². The number of benzene rings is 2. The van der Waals surface area contributed by atoms with Crippen molar-refractivity contribution < 1.29 is 13.6 Å². The van der Waals surface area contributed by atoms with Crippen molar-refractivity contribution >= 4 is 22.8 Å². The predicted molar refractivity (Wildman–Crippen MR) is 148 cm³/mol. The van der Waals surface area contributed by atoms with Crippen molar-refractivity contribution in [3.8, 4) is 0 Å². The van der Waals surface area contributed by atoms with Crippen molar-refractivity contribution in [1.82, 2.24) is 29.7 Å². The molecule has 0 bridgehead atoms. The molecule has 0 unspecified atom stereocenters. The maximum absolute atomic E-state index is 13.6. The van der Waals surface area contributed by atoms with Gasteiger partial charge in [0.1, 0.15) is 11.4 Å². The van der Waals surface area contributed by atoms with Crippen LogP contribution in [0.3, 0.4) is 0 Å². The Hall–Kier alpha value is -4.25. The molecule has 0 spiro atoms. The minimum Gasteiger partial charge on any atom is -0.366 e. The first-order chi connectivity index (χ1) is 19.3. The summed E-state index contributed by atoms with van der Waals surface area (Å²) >= 11 is 0. The molecule has 2 N–H and O–H groups in total. The van der Waals surface area contributed by atoms with E-state index in [9.17, 15) is 18.4 Å². The number of amides is 1. The highest BCUT2D eigenvalue weighted by Gasteiger charge is 2.22. The summed E-state index contributed by atoms with van der Waals surface area (Å²) in [5, 5.41) is 6.27. The molecule has 4 aromatic rings. The van der Waals surface area contributed by atoms with E-state index in [0.717, 1.165) is 54.7 Å². The highest BCUT2D eigenvalue weighted by molar-refractivity contribution is 5.93. The van der Waals surface area contributed by atoms with Crippen LogP contribution in [0.4, 0.5) is 14.6 Å². The van der Waals surface area contributed by atoms with E-state index in [1.54, 1.807) is 6.20 Å². The van der Waals surface area contributed by atoms with Crippen molar-refractivity contribution in [2.45, 2.75) is 50.9 Å². The number of nitrogens with one attached hydrogen (secondary N) is 2. The van der Waals surface area contributed by atoms with Crippen LogP contribution >= 0.6 is 0 Å². The molecule has 2 aromatic heterocycles. The number of carbonyl (C=O) groups is 1. The maximum Gasteiger partial charge on any atom is 0.266 e. The van der Waals surface area contributed by atoms with E-state index in [-0.39, 0.29) is 18.7 Å². The maximum atomic E-state index is 13.6. The van der Waals surface area contributed by atoms with E-state index in [4.69, 9.17) is 4.98 Å². The number of hydrogen-bond donors (Lipinski definition) is 2. The van der Waals surface area contributed by atoms with E-state index in [0.29, 0.717) is 23.2 Å². The van der Waals surface area contributed by atoms with Crippen LogP contribution in [0.15, 0.2) is 59.9 Å². The molecule has 0 saturated heterocycles. The molecule has 1 saturated carbocycles. The lowest BCUT2D eigenvalue weighted by Gasteiger charge is -2.33. The predicted octanol–water partition coefficient (Wildman–Crippen LogP) is 3.73. The van der Waals surface area contributed by atoms with Gasteiger partial charge in [-0.25, -0.2) is 18.7 Å². The largest absolute Gasteiger partial charge is 0.366 e. The van der Waals surface area contributed by atoms with E-state index in [1.807, 2.05) is 18.2 Å². The minimum absolute atomic E-state index is 0.0546. The van der Waals surface area contributed by atoms with Crippen LogP contribution < -0.4 is 16.2 Å². The third kappa shape index (κ3) is 6.31. The molecule has 2 aromatic carbocycles. The number of halogens is 2. The van der Waals surface area contributed by atoms with Crippen molar-refractivity contribution in [3.63, 3.8) is 0 Å². The fourth-order valence-corrected chi connectivity index (χ4v) is 5.01. The van der Waals surface area contributed by atoms with Gasteiger partial charge in [-0.15, -0.1) is 0 Å². The molecule has 0 radical (unpaired) electrons. The summed E-state index contributed by atoms with van der Waals surface area (Å²) in [6.45, 7) is 0.112. The van der Waals surface area contributed by atoms with E-state index in [1.165, 1.54) is 23.2 Å². The molecule has 11 heteroatoms. The molecular formula is C29H31F2N7O2. The fourth-order valence-electron chi connectivity index (χ4n) is 5.01. The van der Waals surface area contributed by atoms with Crippen LogP contribution in [0.1, 0.15) is 47.2 Å². The van der Waals surface area contributed by atoms with Crippen molar-refractivity contribution in [1.29, 1.82) is 0 Å². The van der Waals surface area contributed by atoms with Gasteiger partial charge in [-0.2, -0.15) is 0 Å². The summed E-state index contributed by atoms with van der Waals surface area (Å²) in [6.07, 6.45) is 8.62. The number of carbonyl (C=O) groups excluding carboxylic acids is 1. The first-order valence-corrected chi connectivity index (χ1v) is 13.2.